The number of hydrogen-bond acceptors (Lipinski definition) is 9. The Morgan fingerprint density at radius 3 is 2.16 bits per heavy atom. The first-order chi connectivity index (χ1) is 24.0. The standard InChI is InChI=1S/C37H35Cl2N3O8/c1-5-41-33(44)23-12-11-22-24(30(23)35(41)46)17-25-34(45)42(40-27-13-8-19(38)14-26(27)39)36(47)37(25,18-6-9-21(48-2)10-7-18)32(22)31-28(49-3)15-20(43)16-29(31)50-4/h6-11,13-16,23-25,30,32,40,43H,5,12,17H2,1-4H3. The minimum absolute atomic E-state index is 0.103. The normalized spacial score (nSPS) is 27.1. The number of amides is 4. The average molecular weight is 721 g/mol. The van der Waals surface area contributed by atoms with Gasteiger partial charge >= 0.3 is 0 Å². The van der Waals surface area contributed by atoms with Crippen LogP contribution in [0.4, 0.5) is 5.69 Å². The van der Waals surface area contributed by atoms with E-state index in [1.165, 1.54) is 44.4 Å². The molecule has 0 bridgehead atoms. The van der Waals surface area contributed by atoms with E-state index in [1.54, 1.807) is 43.3 Å². The Morgan fingerprint density at radius 2 is 1.56 bits per heavy atom. The van der Waals surface area contributed by atoms with Crippen LogP contribution in [0.15, 0.2) is 66.2 Å². The Balaban J connectivity index is 1.53. The highest BCUT2D eigenvalue weighted by atomic mass is 35.5. The van der Waals surface area contributed by atoms with Crippen LogP contribution in [0.1, 0.15) is 36.8 Å². The maximum absolute atomic E-state index is 15.4. The Hall–Kier alpha value is -4.74. The summed E-state index contributed by atoms with van der Waals surface area (Å²) in [5.74, 6) is -4.68. The molecule has 6 atom stereocenters. The number of ether oxygens (including phenoxy) is 3. The maximum atomic E-state index is 15.4. The third kappa shape index (κ3) is 4.77. The molecule has 2 saturated heterocycles. The molecule has 2 aliphatic carbocycles. The Morgan fingerprint density at radius 1 is 0.880 bits per heavy atom. The second-order valence-corrected chi connectivity index (χ2v) is 13.7. The van der Waals surface area contributed by atoms with Crippen molar-refractivity contribution in [2.75, 3.05) is 33.3 Å². The summed E-state index contributed by atoms with van der Waals surface area (Å²) in [7, 11) is 4.42. The topological polar surface area (TPSA) is 135 Å². The summed E-state index contributed by atoms with van der Waals surface area (Å²) in [6.45, 7) is 1.99. The fourth-order valence-corrected chi connectivity index (χ4v) is 9.19. The zero-order chi connectivity index (χ0) is 35.6. The number of fused-ring (bicyclic) bond motifs is 4. The van der Waals surface area contributed by atoms with Crippen molar-refractivity contribution in [1.29, 1.82) is 0 Å². The quantitative estimate of drug-likeness (QED) is 0.221. The molecular formula is C37H35Cl2N3O8. The molecule has 3 aromatic rings. The molecule has 2 heterocycles. The fraction of sp³-hybridized carbons (Fsp3) is 0.351. The van der Waals surface area contributed by atoms with Gasteiger partial charge in [0.15, 0.2) is 0 Å². The molecule has 2 N–H and O–H groups in total. The summed E-state index contributed by atoms with van der Waals surface area (Å²) < 4.78 is 17.2. The van der Waals surface area contributed by atoms with Gasteiger partial charge in [-0.1, -0.05) is 47.0 Å². The lowest BCUT2D eigenvalue weighted by atomic mass is 9.49. The number of nitrogens with one attached hydrogen (secondary N) is 1. The molecule has 3 fully saturated rings. The van der Waals surface area contributed by atoms with E-state index < -0.39 is 46.8 Å². The van der Waals surface area contributed by atoms with Gasteiger partial charge in [0.1, 0.15) is 23.0 Å². The van der Waals surface area contributed by atoms with Gasteiger partial charge in [0, 0.05) is 35.2 Å². The van der Waals surface area contributed by atoms with Crippen LogP contribution in [0.5, 0.6) is 23.0 Å². The number of carbonyl (C=O) groups is 4. The molecule has 260 valence electrons. The van der Waals surface area contributed by atoms with Gasteiger partial charge in [-0.25, -0.2) is 0 Å². The lowest BCUT2D eigenvalue weighted by molar-refractivity contribution is -0.141. The molecular weight excluding hydrogens is 685 g/mol. The predicted octanol–water partition coefficient (Wildman–Crippen LogP) is 5.73. The van der Waals surface area contributed by atoms with Crippen LogP contribution in [-0.4, -0.2) is 66.5 Å². The van der Waals surface area contributed by atoms with E-state index in [1.807, 2.05) is 6.08 Å². The fourth-order valence-electron chi connectivity index (χ4n) is 8.74. The number of imide groups is 2. The number of anilines is 1. The number of benzene rings is 3. The van der Waals surface area contributed by atoms with Crippen molar-refractivity contribution >= 4 is 52.5 Å². The lowest BCUT2D eigenvalue weighted by Crippen LogP contribution is -2.53. The number of hydrazine groups is 1. The van der Waals surface area contributed by atoms with Crippen LogP contribution in [0.3, 0.4) is 0 Å². The molecule has 0 radical (unpaired) electrons. The van der Waals surface area contributed by atoms with E-state index in [-0.39, 0.29) is 59.2 Å². The Bertz CT molecular complexity index is 1940. The van der Waals surface area contributed by atoms with Crippen molar-refractivity contribution < 1.29 is 38.5 Å². The van der Waals surface area contributed by atoms with Crippen LogP contribution in [0, 0.1) is 23.7 Å². The first kappa shape index (κ1) is 33.7. The molecule has 4 amide bonds. The van der Waals surface area contributed by atoms with Gasteiger partial charge in [-0.15, -0.1) is 0 Å². The molecule has 4 aliphatic rings. The molecule has 1 saturated carbocycles. The van der Waals surface area contributed by atoms with Gasteiger partial charge in [-0.3, -0.25) is 29.5 Å². The van der Waals surface area contributed by atoms with E-state index in [0.717, 1.165) is 5.01 Å². The number of likely N-dealkylation sites (tertiary alicyclic amines) is 1. The van der Waals surface area contributed by atoms with E-state index in [0.29, 0.717) is 27.5 Å². The number of aromatic hydroxyl groups is 1. The van der Waals surface area contributed by atoms with Crippen molar-refractivity contribution in [2.24, 2.45) is 23.7 Å². The number of phenolic OH excluding ortho intramolecular Hbond substituents is 1. The van der Waals surface area contributed by atoms with E-state index in [4.69, 9.17) is 37.4 Å². The molecule has 13 heteroatoms. The van der Waals surface area contributed by atoms with E-state index >= 15 is 4.79 Å². The van der Waals surface area contributed by atoms with Crippen molar-refractivity contribution in [3.8, 4) is 23.0 Å². The van der Waals surface area contributed by atoms with Gasteiger partial charge in [0.25, 0.3) is 11.8 Å². The second-order valence-electron chi connectivity index (χ2n) is 12.9. The van der Waals surface area contributed by atoms with Crippen molar-refractivity contribution in [3.63, 3.8) is 0 Å². The zero-order valence-electron chi connectivity index (χ0n) is 27.7. The van der Waals surface area contributed by atoms with Gasteiger partial charge in [-0.05, 0) is 61.6 Å². The van der Waals surface area contributed by atoms with Gasteiger partial charge < -0.3 is 19.3 Å². The monoisotopic (exact) mass is 719 g/mol. The molecule has 0 spiro atoms. The summed E-state index contributed by atoms with van der Waals surface area (Å²) >= 11 is 12.7. The Kier molecular flexibility index (Phi) is 8.47. The van der Waals surface area contributed by atoms with Gasteiger partial charge in [0.2, 0.25) is 11.8 Å². The lowest BCUT2D eigenvalue weighted by Gasteiger charge is -2.51. The third-order valence-corrected chi connectivity index (χ3v) is 11.4. The molecule has 3 aromatic carbocycles. The molecule has 6 unspecified atom stereocenters. The number of methoxy groups -OCH3 is 3. The molecule has 7 rings (SSSR count). The molecule has 2 aliphatic heterocycles. The largest absolute Gasteiger partial charge is 0.508 e. The van der Waals surface area contributed by atoms with Crippen LogP contribution in [0.25, 0.3) is 0 Å². The van der Waals surface area contributed by atoms with Crippen LogP contribution in [0.2, 0.25) is 10.0 Å². The molecule has 50 heavy (non-hydrogen) atoms. The van der Waals surface area contributed by atoms with E-state index in [9.17, 15) is 19.5 Å². The number of phenols is 1. The number of allylic oxidation sites excluding steroid dienone is 2. The summed E-state index contributed by atoms with van der Waals surface area (Å²) in [4.78, 5) is 59.0. The van der Waals surface area contributed by atoms with Crippen LogP contribution < -0.4 is 19.6 Å². The third-order valence-electron chi connectivity index (χ3n) is 10.8. The first-order valence-electron chi connectivity index (χ1n) is 16.3. The highest BCUT2D eigenvalue weighted by molar-refractivity contribution is 6.36. The highest BCUT2D eigenvalue weighted by Crippen LogP contribution is 2.66. The SMILES string of the molecule is CCN1C(=O)C2CC=C3C(CC4C(=O)N(Nc5ccc(Cl)cc5Cl)C(=O)C4(c4ccc(OC)cc4)C3c3c(OC)cc(O)cc3OC)C2C1=O. The smallest absolute Gasteiger partial charge is 0.260 e. The Labute approximate surface area is 298 Å². The minimum Gasteiger partial charge on any atom is -0.508 e. The zero-order valence-corrected chi connectivity index (χ0v) is 29.2. The van der Waals surface area contributed by atoms with Crippen molar-refractivity contribution in [2.45, 2.75) is 31.1 Å². The van der Waals surface area contributed by atoms with Crippen molar-refractivity contribution in [3.05, 3.63) is 87.4 Å². The summed E-state index contributed by atoms with van der Waals surface area (Å²) in [6.07, 6.45) is 2.31. The van der Waals surface area contributed by atoms with Gasteiger partial charge in [0.05, 0.1) is 55.2 Å². The first-order valence-corrected chi connectivity index (χ1v) is 17.0. The van der Waals surface area contributed by atoms with Gasteiger partial charge in [-0.2, -0.15) is 5.01 Å². The highest BCUT2D eigenvalue weighted by Gasteiger charge is 2.71. The number of hydrogen-bond donors (Lipinski definition) is 2. The molecule has 0 aromatic heterocycles. The number of carbonyl (C=O) groups excluding carboxylic acids is 4. The second kappa shape index (κ2) is 12.5. The predicted molar refractivity (Wildman–Crippen MR) is 184 cm³/mol. The average Bonchev–Trinajstić information content (AvgIpc) is 3.49. The van der Waals surface area contributed by atoms with E-state index in [2.05, 4.69) is 5.43 Å². The minimum atomic E-state index is -1.63. The van der Waals surface area contributed by atoms with Crippen LogP contribution >= 0.6 is 23.2 Å². The van der Waals surface area contributed by atoms with Crippen molar-refractivity contribution in [1.82, 2.24) is 9.91 Å². The summed E-state index contributed by atoms with van der Waals surface area (Å²) in [5, 5.41) is 12.2. The molecule has 11 nitrogen and oxygen atoms in total. The van der Waals surface area contributed by atoms with Crippen LogP contribution in [-0.2, 0) is 24.6 Å². The number of halogens is 2. The summed E-state index contributed by atoms with van der Waals surface area (Å²) in [6, 6.07) is 14.5. The summed E-state index contributed by atoms with van der Waals surface area (Å²) in [5.41, 5.74) is 3.28. The maximum Gasteiger partial charge on any atom is 0.260 e. The number of rotatable bonds is 8. The number of nitrogens with zero attached hydrogens (tertiary/aromatic N) is 2.